The normalized spacial score (nSPS) is 47.1. The molecule has 86 valence electrons. The Labute approximate surface area is 90.5 Å². The van der Waals surface area contributed by atoms with Crippen LogP contribution in [0, 0.1) is 16.7 Å². The molecule has 0 aromatic carbocycles. The molecule has 0 aromatic rings. The molecule has 3 heteroatoms. The molecule has 3 atom stereocenters. The number of carbonyl (C=O) groups is 1. The molecule has 2 aliphatic carbocycles. The highest BCUT2D eigenvalue weighted by molar-refractivity contribution is 5.68. The van der Waals surface area contributed by atoms with Crippen LogP contribution in [0.4, 0.5) is 0 Å². The maximum atomic E-state index is 10.8. The fourth-order valence-electron chi connectivity index (χ4n) is 3.94. The van der Waals surface area contributed by atoms with Crippen LogP contribution in [0.15, 0.2) is 0 Å². The molecule has 0 aliphatic heterocycles. The smallest absolute Gasteiger partial charge is 0.306 e. The number of hydrogen-bond donors (Lipinski definition) is 2. The van der Waals surface area contributed by atoms with Crippen molar-refractivity contribution in [3.8, 4) is 0 Å². The van der Waals surface area contributed by atoms with Gasteiger partial charge in [-0.25, -0.2) is 0 Å². The van der Waals surface area contributed by atoms with Crippen molar-refractivity contribution in [2.24, 2.45) is 16.7 Å². The molecule has 2 fully saturated rings. The lowest BCUT2D eigenvalue weighted by atomic mass is 9.63. The number of rotatable bonds is 2. The second-order valence-corrected chi connectivity index (χ2v) is 6.10. The van der Waals surface area contributed by atoms with Crippen LogP contribution in [-0.4, -0.2) is 21.8 Å². The predicted octanol–water partition coefficient (Wildman–Crippen LogP) is 2.04. The minimum atomic E-state index is -0.995. The van der Waals surface area contributed by atoms with Crippen molar-refractivity contribution in [2.45, 2.75) is 52.1 Å². The summed E-state index contributed by atoms with van der Waals surface area (Å²) in [4.78, 5) is 10.8. The molecule has 0 saturated heterocycles. The van der Waals surface area contributed by atoms with Gasteiger partial charge in [0.15, 0.2) is 0 Å². The SMILES string of the molecule is CC1(C)[C@H]2CC[C@]1(C)[C@](O)(CC(=O)O)C2. The van der Waals surface area contributed by atoms with Gasteiger partial charge in [0.25, 0.3) is 0 Å². The highest BCUT2D eigenvalue weighted by Crippen LogP contribution is 2.70. The predicted molar refractivity (Wildman–Crippen MR) is 56.4 cm³/mol. The molecular weight excluding hydrogens is 192 g/mol. The van der Waals surface area contributed by atoms with Crippen LogP contribution in [0.2, 0.25) is 0 Å². The lowest BCUT2D eigenvalue weighted by Crippen LogP contribution is -2.48. The van der Waals surface area contributed by atoms with Crippen molar-refractivity contribution in [1.82, 2.24) is 0 Å². The minimum absolute atomic E-state index is 0.0667. The van der Waals surface area contributed by atoms with Crippen molar-refractivity contribution < 1.29 is 15.0 Å². The van der Waals surface area contributed by atoms with Gasteiger partial charge in [0.05, 0.1) is 12.0 Å². The molecule has 0 amide bonds. The molecule has 3 nitrogen and oxygen atoms in total. The second-order valence-electron chi connectivity index (χ2n) is 6.10. The molecule has 0 heterocycles. The average molecular weight is 212 g/mol. The van der Waals surface area contributed by atoms with E-state index < -0.39 is 11.6 Å². The summed E-state index contributed by atoms with van der Waals surface area (Å²) >= 11 is 0. The van der Waals surface area contributed by atoms with Crippen LogP contribution in [0.25, 0.3) is 0 Å². The van der Waals surface area contributed by atoms with Gasteiger partial charge in [0, 0.05) is 5.41 Å². The standard InChI is InChI=1S/C12H20O3/c1-10(2)8-4-5-11(10,3)12(15,6-8)7-9(13)14/h8,15H,4-7H2,1-3H3,(H,13,14)/t8-,11-,12+/m0/s1. The summed E-state index contributed by atoms with van der Waals surface area (Å²) in [5, 5.41) is 19.5. The van der Waals surface area contributed by atoms with Crippen LogP contribution in [0.5, 0.6) is 0 Å². The first-order valence-electron chi connectivity index (χ1n) is 5.67. The van der Waals surface area contributed by atoms with Gasteiger partial charge >= 0.3 is 5.97 Å². The zero-order chi connectivity index (χ0) is 11.5. The number of carboxylic acids is 1. The third kappa shape index (κ3) is 1.13. The molecule has 0 unspecified atom stereocenters. The fourth-order valence-corrected chi connectivity index (χ4v) is 3.94. The van der Waals surface area contributed by atoms with E-state index in [9.17, 15) is 9.90 Å². The van der Waals surface area contributed by atoms with Crippen molar-refractivity contribution >= 4 is 5.97 Å². The van der Waals surface area contributed by atoms with E-state index in [4.69, 9.17) is 5.11 Å². The van der Waals surface area contributed by atoms with E-state index in [1.807, 2.05) is 0 Å². The second kappa shape index (κ2) is 2.76. The van der Waals surface area contributed by atoms with Crippen molar-refractivity contribution in [3.05, 3.63) is 0 Å². The number of carboxylic acid groups (broad SMARTS) is 1. The molecule has 0 spiro atoms. The molecule has 15 heavy (non-hydrogen) atoms. The third-order valence-corrected chi connectivity index (χ3v) is 5.49. The van der Waals surface area contributed by atoms with Gasteiger partial charge in [-0.15, -0.1) is 0 Å². The molecule has 2 bridgehead atoms. The van der Waals surface area contributed by atoms with Gasteiger partial charge in [0.1, 0.15) is 0 Å². The first kappa shape index (κ1) is 10.9. The summed E-state index contributed by atoms with van der Waals surface area (Å²) < 4.78 is 0. The number of hydrogen-bond acceptors (Lipinski definition) is 2. The Hall–Kier alpha value is -0.570. The zero-order valence-corrected chi connectivity index (χ0v) is 9.71. The maximum absolute atomic E-state index is 10.8. The third-order valence-electron chi connectivity index (χ3n) is 5.49. The van der Waals surface area contributed by atoms with Crippen LogP contribution in [0.3, 0.4) is 0 Å². The van der Waals surface area contributed by atoms with Crippen LogP contribution in [0.1, 0.15) is 46.5 Å². The Morgan fingerprint density at radius 3 is 2.33 bits per heavy atom. The quantitative estimate of drug-likeness (QED) is 0.736. The van der Waals surface area contributed by atoms with Crippen LogP contribution >= 0.6 is 0 Å². The lowest BCUT2D eigenvalue weighted by molar-refractivity contribution is -0.152. The number of aliphatic carboxylic acids is 1. The van der Waals surface area contributed by atoms with E-state index in [0.29, 0.717) is 12.3 Å². The Kier molecular flexibility index (Phi) is 2.01. The van der Waals surface area contributed by atoms with Gasteiger partial charge in [-0.05, 0) is 30.6 Å². The van der Waals surface area contributed by atoms with Gasteiger partial charge < -0.3 is 10.2 Å². The molecule has 2 rings (SSSR count). The highest BCUT2D eigenvalue weighted by Gasteiger charge is 2.68. The van der Waals surface area contributed by atoms with Gasteiger partial charge in [0.2, 0.25) is 0 Å². The van der Waals surface area contributed by atoms with Gasteiger partial charge in [-0.2, -0.15) is 0 Å². The Morgan fingerprint density at radius 1 is 1.40 bits per heavy atom. The monoisotopic (exact) mass is 212 g/mol. The Morgan fingerprint density at radius 2 is 2.00 bits per heavy atom. The zero-order valence-electron chi connectivity index (χ0n) is 9.71. The molecule has 2 aliphatic rings. The lowest BCUT2D eigenvalue weighted by Gasteiger charge is -2.44. The highest BCUT2D eigenvalue weighted by atomic mass is 16.4. The van der Waals surface area contributed by atoms with Crippen molar-refractivity contribution in [2.75, 3.05) is 0 Å². The summed E-state index contributed by atoms with van der Waals surface area (Å²) in [7, 11) is 0. The topological polar surface area (TPSA) is 57.5 Å². The number of fused-ring (bicyclic) bond motifs is 2. The molecule has 2 saturated carbocycles. The number of aliphatic hydroxyl groups is 1. The van der Waals surface area contributed by atoms with Gasteiger partial charge in [-0.3, -0.25) is 4.79 Å². The van der Waals surface area contributed by atoms with E-state index in [-0.39, 0.29) is 17.3 Å². The molecular formula is C12H20O3. The van der Waals surface area contributed by atoms with E-state index >= 15 is 0 Å². The molecule has 0 radical (unpaired) electrons. The minimum Gasteiger partial charge on any atom is -0.481 e. The van der Waals surface area contributed by atoms with Gasteiger partial charge in [-0.1, -0.05) is 20.8 Å². The van der Waals surface area contributed by atoms with E-state index in [0.717, 1.165) is 12.8 Å². The largest absolute Gasteiger partial charge is 0.481 e. The molecule has 2 N–H and O–H groups in total. The van der Waals surface area contributed by atoms with Crippen LogP contribution in [-0.2, 0) is 4.79 Å². The first-order chi connectivity index (χ1) is 6.73. The Bertz CT molecular complexity index is 310. The average Bonchev–Trinajstić information content (AvgIpc) is 2.34. The maximum Gasteiger partial charge on any atom is 0.306 e. The summed E-state index contributed by atoms with van der Waals surface area (Å²) in [5.41, 5.74) is -1.16. The van der Waals surface area contributed by atoms with E-state index in [2.05, 4.69) is 20.8 Å². The summed E-state index contributed by atoms with van der Waals surface area (Å²) in [5.74, 6) is -0.408. The van der Waals surface area contributed by atoms with Crippen LogP contribution < -0.4 is 0 Å². The van der Waals surface area contributed by atoms with Crippen molar-refractivity contribution in [3.63, 3.8) is 0 Å². The Balaban J connectivity index is 2.36. The fraction of sp³-hybridized carbons (Fsp3) is 0.917. The molecule has 0 aromatic heterocycles. The summed E-state index contributed by atoms with van der Waals surface area (Å²) in [6.45, 7) is 6.40. The van der Waals surface area contributed by atoms with Crippen molar-refractivity contribution in [1.29, 1.82) is 0 Å². The summed E-state index contributed by atoms with van der Waals surface area (Å²) in [6, 6.07) is 0. The summed E-state index contributed by atoms with van der Waals surface area (Å²) in [6.07, 6.45) is 2.63. The van der Waals surface area contributed by atoms with E-state index in [1.54, 1.807) is 0 Å². The first-order valence-corrected chi connectivity index (χ1v) is 5.67. The van der Waals surface area contributed by atoms with E-state index in [1.165, 1.54) is 0 Å².